The second kappa shape index (κ2) is 4.89. The molecule has 0 spiro atoms. The number of rotatable bonds is 1. The van der Waals surface area contributed by atoms with Crippen LogP contribution in [0.15, 0.2) is 24.5 Å². The van der Waals surface area contributed by atoms with Crippen LogP contribution >= 0.6 is 11.8 Å². The van der Waals surface area contributed by atoms with Crippen molar-refractivity contribution in [2.45, 2.75) is 24.3 Å². The summed E-state index contributed by atoms with van der Waals surface area (Å²) in [5.41, 5.74) is 2.55. The molecular formula is C14H17N3OS. The zero-order chi connectivity index (χ0) is 13.4. The molecule has 19 heavy (non-hydrogen) atoms. The molecule has 1 aromatic carbocycles. The minimum absolute atomic E-state index is 0.121. The number of nitrogens with one attached hydrogen (secondary N) is 1. The minimum atomic E-state index is 0.121. The quantitative estimate of drug-likeness (QED) is 0.870. The summed E-state index contributed by atoms with van der Waals surface area (Å²) in [6.07, 6.45) is 1.65. The molecule has 1 amide bonds. The number of aromatic amines is 1. The maximum atomic E-state index is 12.5. The van der Waals surface area contributed by atoms with E-state index in [2.05, 4.69) is 23.8 Å². The van der Waals surface area contributed by atoms with Crippen LogP contribution in [0.2, 0.25) is 0 Å². The lowest BCUT2D eigenvalue weighted by atomic mass is 10.1. The first kappa shape index (κ1) is 12.5. The van der Waals surface area contributed by atoms with Crippen molar-refractivity contribution in [3.05, 3.63) is 30.1 Å². The summed E-state index contributed by atoms with van der Waals surface area (Å²) in [7, 11) is 0. The fourth-order valence-electron chi connectivity index (χ4n) is 2.59. The van der Waals surface area contributed by atoms with E-state index in [1.165, 1.54) is 0 Å². The summed E-state index contributed by atoms with van der Waals surface area (Å²) in [5, 5.41) is 1.01. The molecule has 1 aromatic heterocycles. The molecule has 2 unspecified atom stereocenters. The Hall–Kier alpha value is -1.49. The number of carbonyl (C=O) groups excluding carboxylic acids is 1. The Labute approximate surface area is 116 Å². The molecule has 1 aliphatic rings. The Morgan fingerprint density at radius 1 is 1.37 bits per heavy atom. The van der Waals surface area contributed by atoms with Crippen molar-refractivity contribution in [2.75, 3.05) is 13.1 Å². The summed E-state index contributed by atoms with van der Waals surface area (Å²) >= 11 is 1.95. The van der Waals surface area contributed by atoms with E-state index in [0.29, 0.717) is 10.5 Å². The molecule has 0 bridgehead atoms. The van der Waals surface area contributed by atoms with E-state index in [1.807, 2.05) is 34.9 Å². The van der Waals surface area contributed by atoms with E-state index in [4.69, 9.17) is 0 Å². The minimum Gasteiger partial charge on any atom is -0.345 e. The average Bonchev–Trinajstić information content (AvgIpc) is 2.83. The summed E-state index contributed by atoms with van der Waals surface area (Å²) < 4.78 is 0. The Balaban J connectivity index is 1.86. The zero-order valence-electron chi connectivity index (χ0n) is 11.1. The smallest absolute Gasteiger partial charge is 0.254 e. The molecule has 2 aromatic rings. The van der Waals surface area contributed by atoms with Crippen molar-refractivity contribution < 1.29 is 4.79 Å². The molecule has 2 atom stereocenters. The van der Waals surface area contributed by atoms with Crippen LogP contribution in [0.3, 0.4) is 0 Å². The number of H-pyrrole nitrogens is 1. The molecule has 2 heterocycles. The van der Waals surface area contributed by atoms with Crippen LogP contribution in [-0.4, -0.2) is 44.4 Å². The molecule has 3 rings (SSSR count). The van der Waals surface area contributed by atoms with Gasteiger partial charge in [-0.3, -0.25) is 4.79 Å². The lowest BCUT2D eigenvalue weighted by Gasteiger charge is -2.34. The van der Waals surface area contributed by atoms with E-state index in [9.17, 15) is 4.79 Å². The number of amides is 1. The number of hydrogen-bond acceptors (Lipinski definition) is 3. The second-order valence-corrected chi connectivity index (χ2v) is 6.98. The second-order valence-electron chi connectivity index (χ2n) is 5.10. The van der Waals surface area contributed by atoms with Crippen molar-refractivity contribution in [3.63, 3.8) is 0 Å². The first-order valence-electron chi connectivity index (χ1n) is 6.51. The molecule has 0 radical (unpaired) electrons. The van der Waals surface area contributed by atoms with Gasteiger partial charge in [0.25, 0.3) is 5.91 Å². The van der Waals surface area contributed by atoms with Gasteiger partial charge in [0, 0.05) is 29.2 Å². The molecule has 5 heteroatoms. The van der Waals surface area contributed by atoms with Crippen LogP contribution in [0.1, 0.15) is 24.2 Å². The maximum Gasteiger partial charge on any atom is 0.254 e. The van der Waals surface area contributed by atoms with Gasteiger partial charge in [0.05, 0.1) is 17.4 Å². The third kappa shape index (κ3) is 2.47. The monoisotopic (exact) mass is 275 g/mol. The number of nitrogens with zero attached hydrogens (tertiary/aromatic N) is 2. The fourth-order valence-corrected chi connectivity index (χ4v) is 3.92. The SMILES string of the molecule is CC1CN(C(=O)c2ccc3nc[nH]c3c2)CC(C)S1. The van der Waals surface area contributed by atoms with Crippen molar-refractivity contribution >= 4 is 28.7 Å². The van der Waals surface area contributed by atoms with Crippen molar-refractivity contribution in [1.82, 2.24) is 14.9 Å². The normalized spacial score (nSPS) is 23.8. The van der Waals surface area contributed by atoms with Gasteiger partial charge in [0.2, 0.25) is 0 Å². The van der Waals surface area contributed by atoms with E-state index in [-0.39, 0.29) is 5.91 Å². The third-order valence-electron chi connectivity index (χ3n) is 3.37. The largest absolute Gasteiger partial charge is 0.345 e. The van der Waals surface area contributed by atoms with Crippen LogP contribution in [0.25, 0.3) is 11.0 Å². The van der Waals surface area contributed by atoms with Gasteiger partial charge in [-0.2, -0.15) is 11.8 Å². The Bertz CT molecular complexity index is 600. The molecule has 0 saturated carbocycles. The van der Waals surface area contributed by atoms with Gasteiger partial charge in [-0.25, -0.2) is 4.98 Å². The lowest BCUT2D eigenvalue weighted by Crippen LogP contribution is -2.44. The van der Waals surface area contributed by atoms with E-state index in [0.717, 1.165) is 29.7 Å². The van der Waals surface area contributed by atoms with Gasteiger partial charge in [0.15, 0.2) is 0 Å². The molecule has 1 fully saturated rings. The highest BCUT2D eigenvalue weighted by molar-refractivity contribution is 8.00. The van der Waals surface area contributed by atoms with Gasteiger partial charge in [-0.05, 0) is 18.2 Å². The summed E-state index contributed by atoms with van der Waals surface area (Å²) in [5.74, 6) is 0.121. The van der Waals surface area contributed by atoms with Gasteiger partial charge >= 0.3 is 0 Å². The number of fused-ring (bicyclic) bond motifs is 1. The fraction of sp³-hybridized carbons (Fsp3) is 0.429. The molecular weight excluding hydrogens is 258 g/mol. The standard InChI is InChI=1S/C14H17N3OS/c1-9-6-17(7-10(2)19-9)14(18)11-3-4-12-13(5-11)16-8-15-12/h3-5,8-10H,6-7H2,1-2H3,(H,15,16). The Morgan fingerprint density at radius 3 is 2.84 bits per heavy atom. The predicted octanol–water partition coefficient (Wildman–Crippen LogP) is 2.53. The van der Waals surface area contributed by atoms with Crippen LogP contribution in [0.5, 0.6) is 0 Å². The average molecular weight is 275 g/mol. The maximum absolute atomic E-state index is 12.5. The molecule has 0 aliphatic carbocycles. The number of imidazole rings is 1. The Morgan fingerprint density at radius 2 is 2.11 bits per heavy atom. The van der Waals surface area contributed by atoms with Gasteiger partial charge < -0.3 is 9.88 Å². The summed E-state index contributed by atoms with van der Waals surface area (Å²) in [6.45, 7) is 6.01. The third-order valence-corrected chi connectivity index (χ3v) is 4.60. The van der Waals surface area contributed by atoms with Crippen LogP contribution in [0.4, 0.5) is 0 Å². The highest BCUT2D eigenvalue weighted by Gasteiger charge is 2.26. The predicted molar refractivity (Wildman–Crippen MR) is 78.5 cm³/mol. The van der Waals surface area contributed by atoms with Crippen LogP contribution in [0, 0.1) is 0 Å². The van der Waals surface area contributed by atoms with Crippen LogP contribution in [-0.2, 0) is 0 Å². The Kier molecular flexibility index (Phi) is 3.22. The lowest BCUT2D eigenvalue weighted by molar-refractivity contribution is 0.0753. The van der Waals surface area contributed by atoms with E-state index < -0.39 is 0 Å². The summed E-state index contributed by atoms with van der Waals surface area (Å²) in [4.78, 5) is 21.7. The molecule has 1 saturated heterocycles. The molecule has 1 aliphatic heterocycles. The number of carbonyl (C=O) groups is 1. The molecule has 4 nitrogen and oxygen atoms in total. The number of aromatic nitrogens is 2. The molecule has 100 valence electrons. The number of thioether (sulfide) groups is 1. The van der Waals surface area contributed by atoms with Gasteiger partial charge in [0.1, 0.15) is 0 Å². The van der Waals surface area contributed by atoms with Crippen LogP contribution < -0.4 is 0 Å². The van der Waals surface area contributed by atoms with E-state index >= 15 is 0 Å². The highest BCUT2D eigenvalue weighted by Crippen LogP contribution is 2.26. The molecule has 1 N–H and O–H groups in total. The summed E-state index contributed by atoms with van der Waals surface area (Å²) in [6, 6.07) is 5.65. The highest BCUT2D eigenvalue weighted by atomic mass is 32.2. The van der Waals surface area contributed by atoms with Crippen molar-refractivity contribution in [1.29, 1.82) is 0 Å². The van der Waals surface area contributed by atoms with Gasteiger partial charge in [-0.15, -0.1) is 0 Å². The number of hydrogen-bond donors (Lipinski definition) is 1. The first-order valence-corrected chi connectivity index (χ1v) is 7.45. The number of benzene rings is 1. The topological polar surface area (TPSA) is 49.0 Å². The van der Waals surface area contributed by atoms with Gasteiger partial charge in [-0.1, -0.05) is 13.8 Å². The first-order chi connectivity index (χ1) is 9.13. The van der Waals surface area contributed by atoms with Crippen molar-refractivity contribution in [2.24, 2.45) is 0 Å². The zero-order valence-corrected chi connectivity index (χ0v) is 11.9. The van der Waals surface area contributed by atoms with Crippen molar-refractivity contribution in [3.8, 4) is 0 Å². The van der Waals surface area contributed by atoms with E-state index in [1.54, 1.807) is 6.33 Å².